The summed E-state index contributed by atoms with van der Waals surface area (Å²) in [6.07, 6.45) is 1.75. The summed E-state index contributed by atoms with van der Waals surface area (Å²) in [5.41, 5.74) is 1.89. The zero-order valence-electron chi connectivity index (χ0n) is 20.4. The van der Waals surface area contributed by atoms with Gasteiger partial charge in [0.05, 0.1) is 43.8 Å². The maximum absolute atomic E-state index is 12.9. The van der Waals surface area contributed by atoms with Crippen LogP contribution in [0.2, 0.25) is 0 Å². The lowest BCUT2D eigenvalue weighted by Crippen LogP contribution is -2.48. The molecule has 3 rings (SSSR count). The van der Waals surface area contributed by atoms with Gasteiger partial charge < -0.3 is 24.4 Å². The van der Waals surface area contributed by atoms with Crippen molar-refractivity contribution in [1.29, 1.82) is 0 Å². The first kappa shape index (κ1) is 25.6. The number of aromatic nitrogens is 3. The highest BCUT2D eigenvalue weighted by Gasteiger charge is 2.29. The summed E-state index contributed by atoms with van der Waals surface area (Å²) >= 11 is 0. The Morgan fingerprint density at radius 2 is 2.09 bits per heavy atom. The molecule has 10 heteroatoms. The Hall–Kier alpha value is -2.98. The molecule has 0 aliphatic carbocycles. The van der Waals surface area contributed by atoms with Gasteiger partial charge >= 0.3 is 6.09 Å². The number of nitrogens with zero attached hydrogens (tertiary/aromatic N) is 5. The monoisotopic (exact) mass is 473 g/mol. The van der Waals surface area contributed by atoms with Crippen LogP contribution in [-0.2, 0) is 22.7 Å². The van der Waals surface area contributed by atoms with Crippen LogP contribution in [0.3, 0.4) is 0 Å². The molecular weight excluding hydrogens is 438 g/mol. The van der Waals surface area contributed by atoms with Crippen molar-refractivity contribution in [2.24, 2.45) is 5.92 Å². The van der Waals surface area contributed by atoms with Gasteiger partial charge in [-0.15, -0.1) is 5.10 Å². The predicted octanol–water partition coefficient (Wildman–Crippen LogP) is 2.24. The number of hydrogen-bond acceptors (Lipinski definition) is 7. The van der Waals surface area contributed by atoms with Crippen molar-refractivity contribution in [1.82, 2.24) is 24.8 Å². The molecule has 2 heterocycles. The molecule has 0 saturated heterocycles. The molecule has 1 aliphatic heterocycles. The molecule has 10 nitrogen and oxygen atoms in total. The lowest BCUT2D eigenvalue weighted by molar-refractivity contribution is -0.136. The van der Waals surface area contributed by atoms with Gasteiger partial charge in [-0.3, -0.25) is 4.79 Å². The SMILES string of the molecule is Cc1ccc(OC(=O)N(C)C[C@H]2OCc3cnnn3CCCC(=O)N([C@@H](C)CO)C[C@H]2C)cc1. The Kier molecular flexibility index (Phi) is 9.00. The summed E-state index contributed by atoms with van der Waals surface area (Å²) in [5.74, 6) is 0.330. The van der Waals surface area contributed by atoms with Gasteiger partial charge in [0.15, 0.2) is 0 Å². The van der Waals surface area contributed by atoms with E-state index in [9.17, 15) is 14.7 Å². The van der Waals surface area contributed by atoms with Gasteiger partial charge in [0.25, 0.3) is 0 Å². The van der Waals surface area contributed by atoms with Crippen LogP contribution in [0, 0.1) is 12.8 Å². The molecule has 2 amide bonds. The van der Waals surface area contributed by atoms with Gasteiger partial charge in [0, 0.05) is 32.5 Å². The summed E-state index contributed by atoms with van der Waals surface area (Å²) in [6, 6.07) is 6.95. The Bertz CT molecular complexity index is 947. The third kappa shape index (κ3) is 6.77. The number of aryl methyl sites for hydroxylation is 2. The van der Waals surface area contributed by atoms with E-state index in [0.717, 1.165) is 11.3 Å². The van der Waals surface area contributed by atoms with Crippen molar-refractivity contribution in [3.05, 3.63) is 41.7 Å². The number of benzene rings is 1. The summed E-state index contributed by atoms with van der Waals surface area (Å²) in [5, 5.41) is 17.8. The first-order valence-electron chi connectivity index (χ1n) is 11.7. The fourth-order valence-electron chi connectivity index (χ4n) is 3.88. The Morgan fingerprint density at radius 1 is 1.35 bits per heavy atom. The fourth-order valence-corrected chi connectivity index (χ4v) is 3.88. The molecule has 0 fully saturated rings. The first-order chi connectivity index (χ1) is 16.3. The normalized spacial score (nSPS) is 20.6. The Morgan fingerprint density at radius 3 is 2.79 bits per heavy atom. The maximum Gasteiger partial charge on any atom is 0.415 e. The van der Waals surface area contributed by atoms with Crippen molar-refractivity contribution < 1.29 is 24.2 Å². The second kappa shape index (κ2) is 11.9. The van der Waals surface area contributed by atoms with Crippen molar-refractivity contribution in [2.45, 2.75) is 58.9 Å². The third-order valence-electron chi connectivity index (χ3n) is 6.13. The summed E-state index contributed by atoms with van der Waals surface area (Å²) in [4.78, 5) is 28.8. The van der Waals surface area contributed by atoms with E-state index in [1.54, 1.807) is 35.0 Å². The van der Waals surface area contributed by atoms with Crippen LogP contribution in [0.25, 0.3) is 0 Å². The molecule has 0 radical (unpaired) electrons. The number of hydrogen-bond donors (Lipinski definition) is 1. The molecule has 1 aromatic heterocycles. The van der Waals surface area contributed by atoms with E-state index in [1.807, 2.05) is 32.9 Å². The number of likely N-dealkylation sites (N-methyl/N-ethyl adjacent to an activating group) is 1. The molecule has 0 spiro atoms. The second-order valence-corrected chi connectivity index (χ2v) is 9.02. The molecule has 1 aliphatic rings. The summed E-state index contributed by atoms with van der Waals surface area (Å²) in [6.45, 7) is 7.16. The first-order valence-corrected chi connectivity index (χ1v) is 11.7. The van der Waals surface area contributed by atoms with E-state index in [-0.39, 0.29) is 43.7 Å². The Balaban J connectivity index is 1.76. The molecule has 3 atom stereocenters. The van der Waals surface area contributed by atoms with Crippen LogP contribution >= 0.6 is 0 Å². The van der Waals surface area contributed by atoms with Gasteiger partial charge in [0.2, 0.25) is 5.91 Å². The van der Waals surface area contributed by atoms with Gasteiger partial charge in [-0.1, -0.05) is 29.8 Å². The molecule has 186 valence electrons. The van der Waals surface area contributed by atoms with Crippen molar-refractivity contribution in [2.75, 3.05) is 26.7 Å². The van der Waals surface area contributed by atoms with Crippen molar-refractivity contribution in [3.8, 4) is 5.75 Å². The van der Waals surface area contributed by atoms with Crippen molar-refractivity contribution >= 4 is 12.0 Å². The largest absolute Gasteiger partial charge is 0.415 e. The molecule has 34 heavy (non-hydrogen) atoms. The lowest BCUT2D eigenvalue weighted by atomic mass is 10.0. The van der Waals surface area contributed by atoms with Crippen LogP contribution in [0.1, 0.15) is 37.9 Å². The number of aliphatic hydroxyl groups excluding tert-OH is 1. The molecule has 0 unspecified atom stereocenters. The Labute approximate surface area is 200 Å². The number of rotatable bonds is 5. The highest BCUT2D eigenvalue weighted by Crippen LogP contribution is 2.19. The number of fused-ring (bicyclic) bond motifs is 1. The number of amides is 2. The highest BCUT2D eigenvalue weighted by molar-refractivity contribution is 5.76. The minimum Gasteiger partial charge on any atom is -0.410 e. The standard InChI is InChI=1S/C24H35N5O5/c1-17-7-9-21(10-8-17)34-24(32)27(4)14-22-18(2)13-28(19(3)15-30)23(31)6-5-11-29-20(16-33-22)12-25-26-29/h7-10,12,18-19,22,30H,5-6,11,13-16H2,1-4H3/t18-,19+,22-/m1/s1. The molecule has 1 aromatic carbocycles. The van der Waals surface area contributed by atoms with Crippen LogP contribution in [-0.4, -0.2) is 80.8 Å². The number of aliphatic hydroxyl groups is 1. The van der Waals surface area contributed by atoms with E-state index < -0.39 is 6.09 Å². The minimum absolute atomic E-state index is 0.0264. The lowest BCUT2D eigenvalue weighted by Gasteiger charge is -2.35. The van der Waals surface area contributed by atoms with Gasteiger partial charge in [0.1, 0.15) is 5.75 Å². The van der Waals surface area contributed by atoms with Crippen LogP contribution in [0.15, 0.2) is 30.5 Å². The third-order valence-corrected chi connectivity index (χ3v) is 6.13. The van der Waals surface area contributed by atoms with E-state index in [1.165, 1.54) is 4.90 Å². The quantitative estimate of drug-likeness (QED) is 0.709. The topological polar surface area (TPSA) is 110 Å². The van der Waals surface area contributed by atoms with Crippen LogP contribution in [0.4, 0.5) is 4.79 Å². The van der Waals surface area contributed by atoms with E-state index in [2.05, 4.69) is 10.3 Å². The zero-order chi connectivity index (χ0) is 24.7. The molecule has 2 aromatic rings. The maximum atomic E-state index is 12.9. The van der Waals surface area contributed by atoms with E-state index in [4.69, 9.17) is 9.47 Å². The zero-order valence-corrected chi connectivity index (χ0v) is 20.4. The van der Waals surface area contributed by atoms with Gasteiger partial charge in [-0.25, -0.2) is 9.48 Å². The average Bonchev–Trinajstić information content (AvgIpc) is 3.27. The van der Waals surface area contributed by atoms with Gasteiger partial charge in [-0.05, 0) is 32.4 Å². The van der Waals surface area contributed by atoms with Crippen LogP contribution in [0.5, 0.6) is 5.75 Å². The number of carbonyl (C=O) groups excluding carboxylic acids is 2. The van der Waals surface area contributed by atoms with E-state index >= 15 is 0 Å². The molecular formula is C24H35N5O5. The average molecular weight is 474 g/mol. The highest BCUT2D eigenvalue weighted by atomic mass is 16.6. The van der Waals surface area contributed by atoms with Crippen LogP contribution < -0.4 is 4.74 Å². The molecule has 0 bridgehead atoms. The van der Waals surface area contributed by atoms with Gasteiger partial charge in [-0.2, -0.15) is 0 Å². The molecule has 0 saturated carbocycles. The minimum atomic E-state index is -0.492. The second-order valence-electron chi connectivity index (χ2n) is 9.02. The molecule has 1 N–H and O–H groups in total. The fraction of sp³-hybridized carbons (Fsp3) is 0.583. The summed E-state index contributed by atoms with van der Waals surface area (Å²) in [7, 11) is 1.66. The van der Waals surface area contributed by atoms with E-state index in [0.29, 0.717) is 31.7 Å². The summed E-state index contributed by atoms with van der Waals surface area (Å²) < 4.78 is 13.5. The smallest absolute Gasteiger partial charge is 0.410 e. The van der Waals surface area contributed by atoms with Crippen molar-refractivity contribution in [3.63, 3.8) is 0 Å². The number of ether oxygens (including phenoxy) is 2. The number of carbonyl (C=O) groups is 2. The predicted molar refractivity (Wildman–Crippen MR) is 125 cm³/mol.